The van der Waals surface area contributed by atoms with Gasteiger partial charge in [0.05, 0.1) is 30.6 Å². The Morgan fingerprint density at radius 1 is 1.32 bits per heavy atom. The topological polar surface area (TPSA) is 121 Å². The summed E-state index contributed by atoms with van der Waals surface area (Å²) in [5, 5.41) is 16.2. The summed E-state index contributed by atoms with van der Waals surface area (Å²) in [6.07, 6.45) is 4.02. The molecule has 1 atom stereocenters. The van der Waals surface area contributed by atoms with Crippen molar-refractivity contribution in [3.63, 3.8) is 0 Å². The van der Waals surface area contributed by atoms with Gasteiger partial charge < -0.3 is 30.8 Å². The monoisotopic (exact) mass is 424 g/mol. The highest BCUT2D eigenvalue weighted by Crippen LogP contribution is 2.29. The van der Waals surface area contributed by atoms with Gasteiger partial charge in [0.2, 0.25) is 5.95 Å². The minimum absolute atomic E-state index is 0.280. The quantitative estimate of drug-likeness (QED) is 0.525. The largest absolute Gasteiger partial charge is 0.444 e. The average molecular weight is 425 g/mol. The Bertz CT molecular complexity index is 983. The fourth-order valence-electron chi connectivity index (χ4n) is 3.15. The van der Waals surface area contributed by atoms with Crippen LogP contribution in [-0.4, -0.2) is 41.5 Å². The number of aromatic nitrogens is 2. The average Bonchev–Trinajstić information content (AvgIpc) is 2.72. The molecule has 2 aromatic rings. The van der Waals surface area contributed by atoms with E-state index < -0.39 is 11.7 Å². The molecule has 3 rings (SSSR count). The zero-order valence-corrected chi connectivity index (χ0v) is 18.2. The zero-order chi connectivity index (χ0) is 22.4. The standard InChI is InChI=1S/C22H28N6O3/c1-22(2,3)31-21(29)28-19-13-30-12-15-9-14(5-6-17(15)19)18-7-8-25-20(27-18)26-16(10-23)11-24-4/h5-11,19,23-24H,12-13H2,1-4H3,(H,28,29)(H,25,26,27)/b16-11+,23-10?. The number of ether oxygens (including phenoxy) is 2. The van der Waals surface area contributed by atoms with Crippen LogP contribution in [0.3, 0.4) is 0 Å². The Hall–Kier alpha value is -3.46. The van der Waals surface area contributed by atoms with E-state index in [-0.39, 0.29) is 6.04 Å². The van der Waals surface area contributed by atoms with Crippen molar-refractivity contribution in [2.24, 2.45) is 0 Å². The third-order valence-corrected chi connectivity index (χ3v) is 4.41. The fourth-order valence-corrected chi connectivity index (χ4v) is 3.15. The van der Waals surface area contributed by atoms with Gasteiger partial charge in [-0.15, -0.1) is 0 Å². The third kappa shape index (κ3) is 6.02. The predicted octanol–water partition coefficient (Wildman–Crippen LogP) is 3.36. The van der Waals surface area contributed by atoms with Gasteiger partial charge in [0.25, 0.3) is 0 Å². The Balaban J connectivity index is 1.80. The fraction of sp³-hybridized carbons (Fsp3) is 0.364. The molecule has 1 unspecified atom stereocenters. The number of carbonyl (C=O) groups is 1. The van der Waals surface area contributed by atoms with E-state index in [1.54, 1.807) is 19.4 Å². The summed E-state index contributed by atoms with van der Waals surface area (Å²) in [6, 6.07) is 7.48. The van der Waals surface area contributed by atoms with Crippen LogP contribution in [0.25, 0.3) is 11.3 Å². The molecule has 31 heavy (non-hydrogen) atoms. The van der Waals surface area contributed by atoms with E-state index in [0.717, 1.165) is 22.4 Å². The summed E-state index contributed by atoms with van der Waals surface area (Å²) in [5.41, 5.74) is 3.58. The lowest BCUT2D eigenvalue weighted by atomic mass is 9.96. The maximum absolute atomic E-state index is 12.2. The van der Waals surface area contributed by atoms with Crippen LogP contribution in [0.1, 0.15) is 37.9 Å². The molecular formula is C22H28N6O3. The van der Waals surface area contributed by atoms with Gasteiger partial charge in [0, 0.05) is 31.2 Å². The molecule has 2 heterocycles. The molecule has 0 saturated heterocycles. The zero-order valence-electron chi connectivity index (χ0n) is 18.2. The molecule has 0 saturated carbocycles. The maximum Gasteiger partial charge on any atom is 0.408 e. The molecule has 0 radical (unpaired) electrons. The second-order valence-electron chi connectivity index (χ2n) is 8.05. The van der Waals surface area contributed by atoms with Crippen molar-refractivity contribution in [2.75, 3.05) is 19.0 Å². The lowest BCUT2D eigenvalue weighted by molar-refractivity contribution is 0.0390. The van der Waals surface area contributed by atoms with Gasteiger partial charge in [-0.2, -0.15) is 0 Å². The smallest absolute Gasteiger partial charge is 0.408 e. The molecular weight excluding hydrogens is 396 g/mol. The summed E-state index contributed by atoms with van der Waals surface area (Å²) < 4.78 is 11.1. The highest BCUT2D eigenvalue weighted by Gasteiger charge is 2.25. The molecule has 1 aromatic heterocycles. The second kappa shape index (κ2) is 9.57. The predicted molar refractivity (Wildman–Crippen MR) is 119 cm³/mol. The molecule has 0 fully saturated rings. The van der Waals surface area contributed by atoms with Crippen LogP contribution < -0.4 is 16.0 Å². The van der Waals surface area contributed by atoms with E-state index in [1.807, 2.05) is 45.0 Å². The first-order valence-corrected chi connectivity index (χ1v) is 9.97. The molecule has 4 N–H and O–H groups in total. The van der Waals surface area contributed by atoms with Crippen molar-refractivity contribution in [1.82, 2.24) is 20.6 Å². The second-order valence-corrected chi connectivity index (χ2v) is 8.05. The molecule has 9 heteroatoms. The minimum Gasteiger partial charge on any atom is -0.444 e. The van der Waals surface area contributed by atoms with Crippen LogP contribution in [0.5, 0.6) is 0 Å². The van der Waals surface area contributed by atoms with E-state index in [4.69, 9.17) is 14.9 Å². The summed E-state index contributed by atoms with van der Waals surface area (Å²) in [6.45, 7) is 6.32. The molecule has 0 spiro atoms. The van der Waals surface area contributed by atoms with E-state index in [1.165, 1.54) is 6.21 Å². The normalized spacial score (nSPS) is 16.1. The van der Waals surface area contributed by atoms with E-state index >= 15 is 0 Å². The van der Waals surface area contributed by atoms with Crippen molar-refractivity contribution in [2.45, 2.75) is 39.0 Å². The Morgan fingerprint density at radius 2 is 2.13 bits per heavy atom. The van der Waals surface area contributed by atoms with E-state index in [2.05, 4.69) is 25.9 Å². The molecule has 1 aromatic carbocycles. The third-order valence-electron chi connectivity index (χ3n) is 4.41. The van der Waals surface area contributed by atoms with Gasteiger partial charge in [0.15, 0.2) is 0 Å². The van der Waals surface area contributed by atoms with E-state index in [0.29, 0.717) is 24.9 Å². The molecule has 1 aliphatic rings. The van der Waals surface area contributed by atoms with Crippen LogP contribution >= 0.6 is 0 Å². The molecule has 1 amide bonds. The summed E-state index contributed by atoms with van der Waals surface area (Å²) in [5.74, 6) is 0.390. The van der Waals surface area contributed by atoms with Gasteiger partial charge in [-0.25, -0.2) is 14.8 Å². The molecule has 9 nitrogen and oxygen atoms in total. The number of hydrogen-bond donors (Lipinski definition) is 4. The number of benzene rings is 1. The van der Waals surface area contributed by atoms with Crippen LogP contribution in [-0.2, 0) is 16.1 Å². The van der Waals surface area contributed by atoms with Gasteiger partial charge in [-0.05, 0) is 44.0 Å². The summed E-state index contributed by atoms with van der Waals surface area (Å²) in [4.78, 5) is 20.9. The van der Waals surface area contributed by atoms with Crippen LogP contribution in [0.4, 0.5) is 10.7 Å². The van der Waals surface area contributed by atoms with Crippen molar-refractivity contribution in [3.05, 3.63) is 53.5 Å². The summed E-state index contributed by atoms with van der Waals surface area (Å²) in [7, 11) is 1.75. The van der Waals surface area contributed by atoms with Crippen LogP contribution in [0, 0.1) is 5.41 Å². The number of fused-ring (bicyclic) bond motifs is 1. The number of allylic oxidation sites excluding steroid dienone is 1. The Morgan fingerprint density at radius 3 is 2.84 bits per heavy atom. The van der Waals surface area contributed by atoms with Gasteiger partial charge >= 0.3 is 6.09 Å². The van der Waals surface area contributed by atoms with Crippen molar-refractivity contribution in [1.29, 1.82) is 5.41 Å². The lowest BCUT2D eigenvalue weighted by Crippen LogP contribution is -2.38. The van der Waals surface area contributed by atoms with Crippen molar-refractivity contribution < 1.29 is 14.3 Å². The number of hydrogen-bond acceptors (Lipinski definition) is 8. The molecule has 164 valence electrons. The molecule has 0 bridgehead atoms. The van der Waals surface area contributed by atoms with Gasteiger partial charge in [-0.1, -0.05) is 12.1 Å². The van der Waals surface area contributed by atoms with Crippen LogP contribution in [0.2, 0.25) is 0 Å². The number of nitrogens with one attached hydrogen (secondary N) is 4. The summed E-state index contributed by atoms with van der Waals surface area (Å²) >= 11 is 0. The maximum atomic E-state index is 12.2. The number of carbonyl (C=O) groups excluding carboxylic acids is 1. The molecule has 1 aliphatic heterocycles. The van der Waals surface area contributed by atoms with Crippen molar-refractivity contribution >= 4 is 18.3 Å². The number of rotatable bonds is 6. The Labute approximate surface area is 181 Å². The van der Waals surface area contributed by atoms with Gasteiger partial charge in [-0.3, -0.25) is 0 Å². The van der Waals surface area contributed by atoms with Gasteiger partial charge in [0.1, 0.15) is 5.60 Å². The number of nitrogens with zero attached hydrogens (tertiary/aromatic N) is 2. The van der Waals surface area contributed by atoms with Crippen LogP contribution in [0.15, 0.2) is 42.4 Å². The number of anilines is 1. The minimum atomic E-state index is -0.564. The highest BCUT2D eigenvalue weighted by molar-refractivity contribution is 5.79. The first kappa shape index (κ1) is 22.2. The number of alkyl carbamates (subject to hydrolysis) is 1. The molecule has 0 aliphatic carbocycles. The lowest BCUT2D eigenvalue weighted by Gasteiger charge is -2.28. The number of amides is 1. The first-order valence-electron chi connectivity index (χ1n) is 9.97. The first-order chi connectivity index (χ1) is 14.8. The highest BCUT2D eigenvalue weighted by atomic mass is 16.6. The SMILES string of the molecule is CN/C=C(\C=N)Nc1nccc(-c2ccc3c(c2)COCC3NC(=O)OC(C)(C)C)n1. The van der Waals surface area contributed by atoms with Crippen molar-refractivity contribution in [3.8, 4) is 11.3 Å². The van der Waals surface area contributed by atoms with E-state index in [9.17, 15) is 4.79 Å². The Kier molecular flexibility index (Phi) is 6.86.